The van der Waals surface area contributed by atoms with E-state index in [9.17, 15) is 18.8 Å². The molecule has 0 aliphatic carbocycles. The highest BCUT2D eigenvalue weighted by atomic mass is 19.1. The summed E-state index contributed by atoms with van der Waals surface area (Å²) >= 11 is 0. The second kappa shape index (κ2) is 11.1. The summed E-state index contributed by atoms with van der Waals surface area (Å²) in [5.74, 6) is -1.05. The molecule has 1 fully saturated rings. The Bertz CT molecular complexity index is 1760. The van der Waals surface area contributed by atoms with Crippen LogP contribution in [0.15, 0.2) is 77.3 Å². The number of anilines is 1. The minimum atomic E-state index is -1.33. The fourth-order valence-corrected chi connectivity index (χ4v) is 5.58. The van der Waals surface area contributed by atoms with Gasteiger partial charge in [0.25, 0.3) is 0 Å². The van der Waals surface area contributed by atoms with E-state index < -0.39 is 24.0 Å². The molecule has 0 bridgehead atoms. The van der Waals surface area contributed by atoms with E-state index in [1.165, 1.54) is 11.8 Å². The summed E-state index contributed by atoms with van der Waals surface area (Å²) in [6.45, 7) is 3.09. The lowest BCUT2D eigenvalue weighted by atomic mass is 9.98. The number of hydrogen-bond acceptors (Lipinski definition) is 7. The minimum absolute atomic E-state index is 0.0171. The molecule has 1 N–H and O–H groups in total. The first-order chi connectivity index (χ1) is 20.3. The Kier molecular flexibility index (Phi) is 7.15. The Morgan fingerprint density at radius 3 is 2.64 bits per heavy atom. The molecule has 0 spiro atoms. The molecule has 212 valence electrons. The van der Waals surface area contributed by atoms with Gasteiger partial charge in [-0.25, -0.2) is 4.39 Å². The number of carbonyl (C=O) groups excluding carboxylic acids is 3. The van der Waals surface area contributed by atoms with Crippen molar-refractivity contribution in [1.82, 2.24) is 19.7 Å². The quantitative estimate of drug-likeness (QED) is 0.335. The fourth-order valence-electron chi connectivity index (χ4n) is 5.58. The van der Waals surface area contributed by atoms with Gasteiger partial charge in [-0.2, -0.15) is 20.4 Å². The molecule has 1 unspecified atom stereocenters. The second-order valence-corrected chi connectivity index (χ2v) is 10.6. The van der Waals surface area contributed by atoms with Gasteiger partial charge in [-0.15, -0.1) is 0 Å². The van der Waals surface area contributed by atoms with Crippen LogP contribution in [0.4, 0.5) is 10.1 Å². The van der Waals surface area contributed by atoms with E-state index in [1.54, 1.807) is 41.5 Å². The van der Waals surface area contributed by atoms with Gasteiger partial charge in [0.1, 0.15) is 18.8 Å². The summed E-state index contributed by atoms with van der Waals surface area (Å²) in [5.41, 5.74) is 4.80. The summed E-state index contributed by atoms with van der Waals surface area (Å²) in [7, 11) is 0. The van der Waals surface area contributed by atoms with Crippen molar-refractivity contribution in [1.29, 1.82) is 0 Å². The number of aromatic nitrogens is 3. The summed E-state index contributed by atoms with van der Waals surface area (Å²) in [4.78, 5) is 40.8. The normalized spacial score (nSPS) is 19.7. The van der Waals surface area contributed by atoms with Crippen molar-refractivity contribution in [2.24, 2.45) is 16.1 Å². The lowest BCUT2D eigenvalue weighted by molar-refractivity contribution is -0.137. The molecule has 4 heterocycles. The second-order valence-electron chi connectivity index (χ2n) is 10.6. The summed E-state index contributed by atoms with van der Waals surface area (Å²) in [6, 6.07) is 13.7. The number of likely N-dealkylation sites (tertiary alicyclic amines) is 1. The number of para-hydroxylation sites is 1. The Morgan fingerprint density at radius 2 is 1.90 bits per heavy atom. The van der Waals surface area contributed by atoms with Crippen LogP contribution in [-0.4, -0.2) is 67.9 Å². The number of Topliss-reactive ketones (excluding diaryl/α,β-unsaturated/α-hetero) is 1. The topological polar surface area (TPSA) is 122 Å². The van der Waals surface area contributed by atoms with Crippen LogP contribution in [0.2, 0.25) is 0 Å². The molecule has 2 aliphatic rings. The highest BCUT2D eigenvalue weighted by Gasteiger charge is 2.40. The maximum absolute atomic E-state index is 14.7. The van der Waals surface area contributed by atoms with Gasteiger partial charge in [0.2, 0.25) is 11.8 Å². The number of ketones is 1. The van der Waals surface area contributed by atoms with Crippen molar-refractivity contribution in [3.63, 3.8) is 0 Å². The van der Waals surface area contributed by atoms with E-state index >= 15 is 0 Å². The zero-order valence-corrected chi connectivity index (χ0v) is 23.1. The minimum Gasteiger partial charge on any atom is -0.337 e. The Hall–Kier alpha value is -5.06. The molecule has 42 heavy (non-hydrogen) atoms. The average Bonchev–Trinajstić information content (AvgIpc) is 3.70. The summed E-state index contributed by atoms with van der Waals surface area (Å²) < 4.78 is 16.4. The first-order valence-electron chi connectivity index (χ1n) is 13.7. The number of carbonyl (C=O) groups is 3. The first kappa shape index (κ1) is 27.1. The van der Waals surface area contributed by atoms with Crippen LogP contribution in [0.5, 0.6) is 0 Å². The molecule has 4 aromatic rings. The van der Waals surface area contributed by atoms with Crippen LogP contribution in [0.1, 0.15) is 36.2 Å². The van der Waals surface area contributed by atoms with Crippen molar-refractivity contribution in [3.8, 4) is 11.1 Å². The number of fused-ring (bicyclic) bond motifs is 1. The highest BCUT2D eigenvalue weighted by molar-refractivity contribution is 6.16. The highest BCUT2D eigenvalue weighted by Crippen LogP contribution is 2.30. The van der Waals surface area contributed by atoms with E-state index in [1.807, 2.05) is 43.3 Å². The lowest BCUT2D eigenvalue weighted by Gasteiger charge is -2.24. The van der Waals surface area contributed by atoms with E-state index in [2.05, 4.69) is 25.7 Å². The largest absolute Gasteiger partial charge is 0.337 e. The number of halogens is 1. The van der Waals surface area contributed by atoms with Crippen LogP contribution in [-0.2, 0) is 16.1 Å². The molecular formula is C31H28FN7O3. The average molecular weight is 566 g/mol. The molecule has 2 aliphatic heterocycles. The van der Waals surface area contributed by atoms with Gasteiger partial charge >= 0.3 is 0 Å². The van der Waals surface area contributed by atoms with Gasteiger partial charge < -0.3 is 14.8 Å². The number of alkyl halides is 1. The Balaban J connectivity index is 1.25. The summed E-state index contributed by atoms with van der Waals surface area (Å²) in [6.07, 6.45) is 5.15. The van der Waals surface area contributed by atoms with Crippen LogP contribution in [0, 0.1) is 5.92 Å². The molecule has 6 rings (SSSR count). The smallest absolute Gasteiger partial charge is 0.247 e. The SMILES string of the molecule is CC(=O)c1cn(CC(=O)N2C[C@H](F)C[C@H]2C(=O)Nc2ccccc2C2=NN=CC2C)c2ccc(-c3ccnnc3)cc12. The van der Waals surface area contributed by atoms with Crippen LogP contribution < -0.4 is 5.32 Å². The molecule has 1 saturated heterocycles. The van der Waals surface area contributed by atoms with Gasteiger partial charge in [0.05, 0.1) is 24.7 Å². The molecule has 2 aromatic carbocycles. The Morgan fingerprint density at radius 1 is 1.07 bits per heavy atom. The van der Waals surface area contributed by atoms with Gasteiger partial charge in [-0.1, -0.05) is 31.2 Å². The maximum Gasteiger partial charge on any atom is 0.247 e. The third-order valence-electron chi connectivity index (χ3n) is 7.70. The number of hydrogen-bond donors (Lipinski definition) is 1. The van der Waals surface area contributed by atoms with Crippen molar-refractivity contribution in [2.75, 3.05) is 11.9 Å². The van der Waals surface area contributed by atoms with E-state index in [-0.39, 0.29) is 31.2 Å². The number of amides is 2. The Labute approximate surface area is 241 Å². The standard InChI is InChI=1S/C31H28FN7O3/c1-18-13-35-37-30(18)23-5-3-4-6-26(23)36-31(42)28-12-22(32)15-39(28)29(41)17-38-16-25(19(2)40)24-11-20(7-8-27(24)38)21-9-10-33-34-14-21/h3-11,13-14,16,18,22,28H,12,15,17H2,1-2H3,(H,36,42)/t18?,22-,28+/m1/s1. The molecule has 0 saturated carbocycles. The van der Waals surface area contributed by atoms with E-state index in [0.717, 1.165) is 22.4 Å². The van der Waals surface area contributed by atoms with Crippen LogP contribution in [0.25, 0.3) is 22.0 Å². The number of nitrogens with zero attached hydrogens (tertiary/aromatic N) is 6. The van der Waals surface area contributed by atoms with Crippen molar-refractivity contribution in [3.05, 3.63) is 78.2 Å². The fraction of sp³-hybridized carbons (Fsp3) is 0.258. The molecule has 11 heteroatoms. The molecule has 2 aromatic heterocycles. The van der Waals surface area contributed by atoms with Gasteiger partial charge in [-0.05, 0) is 36.8 Å². The first-order valence-corrected chi connectivity index (χ1v) is 13.7. The molecule has 0 radical (unpaired) electrons. The molecule has 10 nitrogen and oxygen atoms in total. The predicted octanol–water partition coefficient (Wildman–Crippen LogP) is 4.30. The van der Waals surface area contributed by atoms with Crippen LogP contribution in [0.3, 0.4) is 0 Å². The number of benzene rings is 2. The third-order valence-corrected chi connectivity index (χ3v) is 7.70. The van der Waals surface area contributed by atoms with Gasteiger partial charge in [0, 0.05) is 58.0 Å². The monoisotopic (exact) mass is 565 g/mol. The lowest BCUT2D eigenvalue weighted by Crippen LogP contribution is -2.44. The van der Waals surface area contributed by atoms with Gasteiger partial charge in [0.15, 0.2) is 5.78 Å². The predicted molar refractivity (Wildman–Crippen MR) is 157 cm³/mol. The molecular weight excluding hydrogens is 537 g/mol. The summed E-state index contributed by atoms with van der Waals surface area (Å²) in [5, 5.41) is 19.5. The van der Waals surface area contributed by atoms with Crippen molar-refractivity contribution >= 4 is 46.1 Å². The maximum atomic E-state index is 14.7. The molecule has 2 amide bonds. The number of nitrogens with one attached hydrogen (secondary N) is 1. The zero-order chi connectivity index (χ0) is 29.4. The third kappa shape index (κ3) is 5.09. The van der Waals surface area contributed by atoms with E-state index in [4.69, 9.17) is 0 Å². The van der Waals surface area contributed by atoms with Crippen molar-refractivity contribution < 1.29 is 18.8 Å². The zero-order valence-electron chi connectivity index (χ0n) is 23.1. The van der Waals surface area contributed by atoms with Gasteiger partial charge in [-0.3, -0.25) is 14.4 Å². The molecule has 3 atom stereocenters. The van der Waals surface area contributed by atoms with Crippen LogP contribution >= 0.6 is 0 Å². The number of rotatable bonds is 7. The van der Waals surface area contributed by atoms with E-state index in [0.29, 0.717) is 22.2 Å². The van der Waals surface area contributed by atoms with Crippen molar-refractivity contribution in [2.45, 2.75) is 39.0 Å².